The third-order valence-corrected chi connectivity index (χ3v) is 7.96. The molecule has 1 aliphatic carbocycles. The summed E-state index contributed by atoms with van der Waals surface area (Å²) >= 11 is 1.31. The van der Waals surface area contributed by atoms with Gasteiger partial charge in [0.15, 0.2) is 0 Å². The fraction of sp³-hybridized carbons (Fsp3) is 0.458. The van der Waals surface area contributed by atoms with Crippen molar-refractivity contribution in [1.29, 1.82) is 0 Å². The first-order chi connectivity index (χ1) is 16.0. The minimum Gasteiger partial charge on any atom is -0.396 e. The summed E-state index contributed by atoms with van der Waals surface area (Å²) in [5.41, 5.74) is 12.1. The number of rotatable bonds is 3. The van der Waals surface area contributed by atoms with Crippen LogP contribution in [0.5, 0.6) is 0 Å². The quantitative estimate of drug-likeness (QED) is 0.545. The molecule has 2 bridgehead atoms. The number of aromatic nitrogens is 2. The van der Waals surface area contributed by atoms with Crippen molar-refractivity contribution >= 4 is 39.0 Å². The number of hydrogen-bond acceptors (Lipinski definition) is 8. The molecule has 2 aliphatic heterocycles. The maximum atomic E-state index is 13.0. The van der Waals surface area contributed by atoms with Gasteiger partial charge >= 0.3 is 0 Å². The standard InChI is InChI=1S/C24H28N6O2S/c1-13-8-26-21-20(25)22(33-24(21)27-13)23(31)29-16-4-2-15-7-19(5-3-14(15)6-16)30-9-17-11-32-12-18(10-30)28-17/h3,5,7-8,16-18,28H,2,4,6,9-12,25H2,1H3,(H,29,31)/t16-,17?,18?/m0/s1. The van der Waals surface area contributed by atoms with E-state index in [1.54, 1.807) is 6.20 Å². The molecule has 2 aromatic heterocycles. The largest absolute Gasteiger partial charge is 0.396 e. The van der Waals surface area contributed by atoms with Crippen molar-refractivity contribution in [3.05, 3.63) is 46.1 Å². The van der Waals surface area contributed by atoms with Gasteiger partial charge in [-0.25, -0.2) is 9.97 Å². The number of carbonyl (C=O) groups excluding carboxylic acids is 1. The second-order valence-electron chi connectivity index (χ2n) is 9.38. The molecular weight excluding hydrogens is 436 g/mol. The molecule has 3 aromatic rings. The molecule has 0 spiro atoms. The van der Waals surface area contributed by atoms with Gasteiger partial charge in [-0.3, -0.25) is 4.79 Å². The number of fused-ring (bicyclic) bond motifs is 4. The number of nitrogens with two attached hydrogens (primary N) is 1. The van der Waals surface area contributed by atoms with Crippen LogP contribution in [0.15, 0.2) is 24.4 Å². The Morgan fingerprint density at radius 3 is 2.91 bits per heavy atom. The lowest BCUT2D eigenvalue weighted by Gasteiger charge is -2.43. The summed E-state index contributed by atoms with van der Waals surface area (Å²) in [6, 6.07) is 7.72. The highest BCUT2D eigenvalue weighted by molar-refractivity contribution is 7.21. The predicted molar refractivity (Wildman–Crippen MR) is 130 cm³/mol. The van der Waals surface area contributed by atoms with E-state index in [1.165, 1.54) is 28.2 Å². The van der Waals surface area contributed by atoms with Crippen LogP contribution in [-0.2, 0) is 17.6 Å². The Kier molecular flexibility index (Phi) is 5.20. The zero-order chi connectivity index (χ0) is 22.5. The van der Waals surface area contributed by atoms with E-state index in [-0.39, 0.29) is 11.9 Å². The molecule has 172 valence electrons. The molecule has 2 saturated heterocycles. The highest BCUT2D eigenvalue weighted by Crippen LogP contribution is 2.32. The lowest BCUT2D eigenvalue weighted by molar-refractivity contribution is 0.0376. The van der Waals surface area contributed by atoms with Gasteiger partial charge in [0.25, 0.3) is 5.91 Å². The second kappa shape index (κ2) is 8.23. The van der Waals surface area contributed by atoms with E-state index < -0.39 is 0 Å². The second-order valence-corrected chi connectivity index (χ2v) is 10.4. The van der Waals surface area contributed by atoms with Crippen LogP contribution in [0.3, 0.4) is 0 Å². The monoisotopic (exact) mass is 464 g/mol. The fourth-order valence-electron chi connectivity index (χ4n) is 5.26. The lowest BCUT2D eigenvalue weighted by Crippen LogP contribution is -2.62. The molecule has 3 aliphatic rings. The van der Waals surface area contributed by atoms with Crippen molar-refractivity contribution in [3.63, 3.8) is 0 Å². The van der Waals surface area contributed by atoms with Crippen LogP contribution >= 0.6 is 11.3 Å². The Labute approximate surface area is 196 Å². The van der Waals surface area contributed by atoms with E-state index in [2.05, 4.69) is 43.7 Å². The molecule has 2 fully saturated rings. The lowest BCUT2D eigenvalue weighted by atomic mass is 9.87. The van der Waals surface area contributed by atoms with Gasteiger partial charge in [-0.05, 0) is 49.4 Å². The van der Waals surface area contributed by atoms with Gasteiger partial charge in [0.1, 0.15) is 15.2 Å². The smallest absolute Gasteiger partial charge is 0.263 e. The molecule has 0 saturated carbocycles. The fourth-order valence-corrected chi connectivity index (χ4v) is 6.26. The molecule has 1 amide bonds. The number of anilines is 2. The number of piperazine rings is 1. The summed E-state index contributed by atoms with van der Waals surface area (Å²) in [5.74, 6) is -0.130. The Hall–Kier alpha value is -2.75. The molecule has 9 heteroatoms. The zero-order valence-electron chi connectivity index (χ0n) is 18.6. The number of carbonyl (C=O) groups is 1. The molecule has 2 unspecified atom stereocenters. The number of thiophene rings is 1. The predicted octanol–water partition coefficient (Wildman–Crippen LogP) is 2.05. The van der Waals surface area contributed by atoms with E-state index >= 15 is 0 Å². The molecule has 4 heterocycles. The minimum atomic E-state index is -0.130. The summed E-state index contributed by atoms with van der Waals surface area (Å²) in [5, 5.41) is 6.85. The first kappa shape index (κ1) is 20.8. The van der Waals surface area contributed by atoms with E-state index in [9.17, 15) is 4.79 Å². The van der Waals surface area contributed by atoms with E-state index in [1.807, 2.05) is 6.92 Å². The van der Waals surface area contributed by atoms with E-state index in [4.69, 9.17) is 10.5 Å². The number of amides is 1. The van der Waals surface area contributed by atoms with E-state index in [0.717, 1.165) is 51.3 Å². The van der Waals surface area contributed by atoms with Gasteiger partial charge in [0.05, 0.1) is 24.6 Å². The van der Waals surface area contributed by atoms with Gasteiger partial charge in [-0.15, -0.1) is 11.3 Å². The highest BCUT2D eigenvalue weighted by Gasteiger charge is 2.31. The molecular formula is C24H28N6O2S. The summed E-state index contributed by atoms with van der Waals surface area (Å²) in [6.45, 7) is 5.42. The minimum absolute atomic E-state index is 0.0961. The average Bonchev–Trinajstić information content (AvgIpc) is 3.14. The highest BCUT2D eigenvalue weighted by atomic mass is 32.1. The van der Waals surface area contributed by atoms with Crippen molar-refractivity contribution in [2.24, 2.45) is 0 Å². The first-order valence-corrected chi connectivity index (χ1v) is 12.4. The number of hydrogen-bond donors (Lipinski definition) is 3. The topological polar surface area (TPSA) is 105 Å². The number of benzene rings is 1. The number of nitrogens with one attached hydrogen (secondary N) is 2. The number of ether oxygens (including phenoxy) is 1. The van der Waals surface area contributed by atoms with Gasteiger partial charge in [-0.1, -0.05) is 6.07 Å². The maximum Gasteiger partial charge on any atom is 0.263 e. The van der Waals surface area contributed by atoms with Crippen LogP contribution in [0.4, 0.5) is 11.4 Å². The van der Waals surface area contributed by atoms with Crippen LogP contribution in [0.2, 0.25) is 0 Å². The third kappa shape index (κ3) is 3.94. The van der Waals surface area contributed by atoms with Crippen LogP contribution in [0, 0.1) is 6.92 Å². The summed E-state index contributed by atoms with van der Waals surface area (Å²) in [7, 11) is 0. The Balaban J connectivity index is 1.15. The van der Waals surface area contributed by atoms with Gasteiger partial charge in [0.2, 0.25) is 0 Å². The number of nitrogens with zero attached hydrogens (tertiary/aromatic N) is 3. The molecule has 3 atom stereocenters. The summed E-state index contributed by atoms with van der Waals surface area (Å²) < 4.78 is 5.68. The Bertz CT molecular complexity index is 1220. The number of aryl methyl sites for hydroxylation is 2. The van der Waals surface area contributed by atoms with Crippen molar-refractivity contribution in [2.45, 2.75) is 44.3 Å². The van der Waals surface area contributed by atoms with Crippen LogP contribution < -0.4 is 21.3 Å². The zero-order valence-corrected chi connectivity index (χ0v) is 19.5. The average molecular weight is 465 g/mol. The third-order valence-electron chi connectivity index (χ3n) is 6.88. The first-order valence-electron chi connectivity index (χ1n) is 11.6. The number of nitrogen functional groups attached to an aromatic ring is 1. The van der Waals surface area contributed by atoms with Crippen molar-refractivity contribution in [1.82, 2.24) is 20.6 Å². The van der Waals surface area contributed by atoms with E-state index in [0.29, 0.717) is 33.0 Å². The van der Waals surface area contributed by atoms with Crippen molar-refractivity contribution in [2.75, 3.05) is 36.9 Å². The Morgan fingerprint density at radius 1 is 1.27 bits per heavy atom. The van der Waals surface area contributed by atoms with Gasteiger partial charge < -0.3 is 26.0 Å². The Morgan fingerprint density at radius 2 is 2.09 bits per heavy atom. The molecule has 4 N–H and O–H groups in total. The van der Waals surface area contributed by atoms with Crippen LogP contribution in [0.25, 0.3) is 10.3 Å². The maximum absolute atomic E-state index is 13.0. The molecule has 1 aromatic carbocycles. The normalized spacial score (nSPS) is 24.5. The molecule has 33 heavy (non-hydrogen) atoms. The molecule has 8 nitrogen and oxygen atoms in total. The molecule has 0 radical (unpaired) electrons. The van der Waals surface area contributed by atoms with Gasteiger partial charge in [0, 0.05) is 43.1 Å². The van der Waals surface area contributed by atoms with Crippen LogP contribution in [-0.4, -0.2) is 60.3 Å². The van der Waals surface area contributed by atoms with Crippen LogP contribution in [0.1, 0.15) is 32.9 Å². The summed E-state index contributed by atoms with van der Waals surface area (Å²) in [6.07, 6.45) is 4.39. The number of morpholine rings is 1. The summed E-state index contributed by atoms with van der Waals surface area (Å²) in [4.78, 5) is 25.5. The molecule has 6 rings (SSSR count). The SMILES string of the molecule is Cc1cnc2c(N)c(C(=O)N[C@H]3CCc4cc(N5CC6COCC(C5)N6)ccc4C3)sc2n1. The van der Waals surface area contributed by atoms with Crippen molar-refractivity contribution < 1.29 is 9.53 Å². The van der Waals surface area contributed by atoms with Crippen molar-refractivity contribution in [3.8, 4) is 0 Å². The van der Waals surface area contributed by atoms with Gasteiger partial charge in [-0.2, -0.15) is 0 Å².